The molecule has 0 spiro atoms. The van der Waals surface area contributed by atoms with Crippen molar-refractivity contribution in [3.63, 3.8) is 0 Å². The van der Waals surface area contributed by atoms with Crippen molar-refractivity contribution in [2.24, 2.45) is 0 Å². The molecule has 1 N–H and O–H groups in total. The SMILES string of the molecule is COC1C=C2OC(O)C(=O)N(C)C2=CC1. The highest BCUT2D eigenvalue weighted by Gasteiger charge is 2.34. The normalized spacial score (nSPS) is 30.3. The van der Waals surface area contributed by atoms with Gasteiger partial charge in [0.05, 0.1) is 11.8 Å². The van der Waals surface area contributed by atoms with Gasteiger partial charge in [-0.15, -0.1) is 0 Å². The van der Waals surface area contributed by atoms with Gasteiger partial charge in [-0.25, -0.2) is 0 Å². The lowest BCUT2D eigenvalue weighted by Gasteiger charge is -2.34. The number of aliphatic hydroxyl groups is 1. The number of amides is 1. The van der Waals surface area contributed by atoms with E-state index in [2.05, 4.69) is 0 Å². The second-order valence-electron chi connectivity index (χ2n) is 3.50. The van der Waals surface area contributed by atoms with Gasteiger partial charge in [0.15, 0.2) is 0 Å². The zero-order chi connectivity index (χ0) is 11.0. The van der Waals surface area contributed by atoms with Crippen molar-refractivity contribution >= 4 is 5.91 Å². The van der Waals surface area contributed by atoms with Crippen molar-refractivity contribution in [2.45, 2.75) is 18.8 Å². The van der Waals surface area contributed by atoms with Crippen LogP contribution in [0.4, 0.5) is 0 Å². The number of ether oxygens (including phenoxy) is 2. The highest BCUT2D eigenvalue weighted by molar-refractivity contribution is 5.83. The van der Waals surface area contributed by atoms with Gasteiger partial charge in [0.25, 0.3) is 12.2 Å². The van der Waals surface area contributed by atoms with Crippen LogP contribution >= 0.6 is 0 Å². The number of carbonyl (C=O) groups excluding carboxylic acids is 1. The van der Waals surface area contributed by atoms with E-state index in [0.29, 0.717) is 17.9 Å². The van der Waals surface area contributed by atoms with Gasteiger partial charge in [-0.05, 0) is 12.5 Å². The van der Waals surface area contributed by atoms with Crippen molar-refractivity contribution in [2.75, 3.05) is 14.2 Å². The maximum absolute atomic E-state index is 11.4. The number of hydrogen-bond acceptors (Lipinski definition) is 4. The summed E-state index contributed by atoms with van der Waals surface area (Å²) in [5, 5.41) is 9.32. The molecule has 1 amide bonds. The first-order valence-corrected chi connectivity index (χ1v) is 4.71. The molecule has 0 bridgehead atoms. The molecule has 0 aromatic rings. The van der Waals surface area contributed by atoms with E-state index in [-0.39, 0.29) is 6.10 Å². The molecule has 0 aromatic heterocycles. The second kappa shape index (κ2) is 3.67. The number of aliphatic hydroxyl groups excluding tert-OH is 1. The largest absolute Gasteiger partial charge is 0.454 e. The van der Waals surface area contributed by atoms with E-state index >= 15 is 0 Å². The Kier molecular flexibility index (Phi) is 2.50. The van der Waals surface area contributed by atoms with Gasteiger partial charge in [0.2, 0.25) is 0 Å². The second-order valence-corrected chi connectivity index (χ2v) is 3.50. The Morgan fingerprint density at radius 3 is 3.07 bits per heavy atom. The molecule has 0 saturated carbocycles. The van der Waals surface area contributed by atoms with Gasteiger partial charge in [-0.2, -0.15) is 0 Å². The van der Waals surface area contributed by atoms with Crippen LogP contribution in [-0.4, -0.2) is 42.5 Å². The molecule has 5 heteroatoms. The molecule has 1 aliphatic carbocycles. The highest BCUT2D eigenvalue weighted by Crippen LogP contribution is 2.29. The maximum Gasteiger partial charge on any atom is 0.296 e. The monoisotopic (exact) mass is 211 g/mol. The van der Waals surface area contributed by atoms with E-state index in [1.54, 1.807) is 20.2 Å². The first-order valence-electron chi connectivity index (χ1n) is 4.71. The van der Waals surface area contributed by atoms with E-state index in [1.165, 1.54) is 4.90 Å². The average Bonchev–Trinajstić information content (AvgIpc) is 2.25. The number of rotatable bonds is 1. The summed E-state index contributed by atoms with van der Waals surface area (Å²) >= 11 is 0. The summed E-state index contributed by atoms with van der Waals surface area (Å²) in [7, 11) is 3.22. The molecule has 1 saturated heterocycles. The smallest absolute Gasteiger partial charge is 0.296 e. The van der Waals surface area contributed by atoms with Crippen molar-refractivity contribution in [1.82, 2.24) is 4.90 Å². The molecule has 0 aromatic carbocycles. The summed E-state index contributed by atoms with van der Waals surface area (Å²) < 4.78 is 10.2. The Labute approximate surface area is 87.6 Å². The van der Waals surface area contributed by atoms with Gasteiger partial charge >= 0.3 is 0 Å². The van der Waals surface area contributed by atoms with Crippen molar-refractivity contribution in [3.05, 3.63) is 23.6 Å². The van der Waals surface area contributed by atoms with Crippen LogP contribution in [0, 0.1) is 0 Å². The quantitative estimate of drug-likeness (QED) is 0.662. The minimum absolute atomic E-state index is 0.0578. The minimum atomic E-state index is -1.41. The lowest BCUT2D eigenvalue weighted by Crippen LogP contribution is -2.44. The van der Waals surface area contributed by atoms with Crippen LogP contribution in [0.5, 0.6) is 0 Å². The molecule has 1 fully saturated rings. The Morgan fingerprint density at radius 1 is 1.67 bits per heavy atom. The molecule has 1 aliphatic heterocycles. The Hall–Kier alpha value is -1.33. The number of morpholine rings is 1. The van der Waals surface area contributed by atoms with E-state index in [9.17, 15) is 9.90 Å². The summed E-state index contributed by atoms with van der Waals surface area (Å²) in [5.74, 6) is 0.0527. The summed E-state index contributed by atoms with van der Waals surface area (Å²) in [6.45, 7) is 0. The molecule has 2 unspecified atom stereocenters. The van der Waals surface area contributed by atoms with Crippen LogP contribution in [0.2, 0.25) is 0 Å². The predicted octanol–water partition coefficient (Wildman–Crippen LogP) is -0.0201. The lowest BCUT2D eigenvalue weighted by molar-refractivity contribution is -0.165. The van der Waals surface area contributed by atoms with E-state index in [0.717, 1.165) is 0 Å². The van der Waals surface area contributed by atoms with Crippen molar-refractivity contribution < 1.29 is 19.4 Å². The minimum Gasteiger partial charge on any atom is -0.454 e. The number of hydrogen-bond donors (Lipinski definition) is 1. The fraction of sp³-hybridized carbons (Fsp3) is 0.500. The summed E-state index contributed by atoms with van der Waals surface area (Å²) in [6, 6.07) is 0. The molecule has 2 rings (SSSR count). The standard InChI is InChI=1S/C10H13NO4/c1-11-7-4-3-6(14-2)5-8(7)15-10(13)9(11)12/h4-6,10,13H,3H2,1-2H3. The third-order valence-electron chi connectivity index (χ3n) is 2.58. The van der Waals surface area contributed by atoms with Gasteiger partial charge in [0.1, 0.15) is 5.76 Å². The van der Waals surface area contributed by atoms with Gasteiger partial charge in [0, 0.05) is 14.2 Å². The molecule has 2 atom stereocenters. The highest BCUT2D eigenvalue weighted by atomic mass is 16.6. The fourth-order valence-electron chi connectivity index (χ4n) is 1.67. The predicted molar refractivity (Wildman–Crippen MR) is 51.4 cm³/mol. The zero-order valence-corrected chi connectivity index (χ0v) is 8.64. The van der Waals surface area contributed by atoms with Gasteiger partial charge in [-0.3, -0.25) is 4.79 Å². The molecular formula is C10H13NO4. The number of methoxy groups -OCH3 is 1. The topological polar surface area (TPSA) is 59.0 Å². The van der Waals surface area contributed by atoms with Crippen molar-refractivity contribution in [3.8, 4) is 0 Å². The van der Waals surface area contributed by atoms with Crippen LogP contribution in [0.3, 0.4) is 0 Å². The number of likely N-dealkylation sites (N-methyl/N-ethyl adjacent to an activating group) is 1. The number of carbonyl (C=O) groups is 1. The van der Waals surface area contributed by atoms with Gasteiger partial charge in [-0.1, -0.05) is 6.08 Å². The summed E-state index contributed by atoms with van der Waals surface area (Å²) in [4.78, 5) is 12.8. The Bertz CT molecular complexity index is 347. The van der Waals surface area contributed by atoms with Gasteiger partial charge < -0.3 is 19.5 Å². The number of fused-ring (bicyclic) bond motifs is 1. The molecule has 1 heterocycles. The third-order valence-corrected chi connectivity index (χ3v) is 2.58. The maximum atomic E-state index is 11.4. The van der Waals surface area contributed by atoms with Crippen LogP contribution in [0.15, 0.2) is 23.6 Å². The molecule has 0 radical (unpaired) electrons. The molecule has 2 aliphatic rings. The molecular weight excluding hydrogens is 198 g/mol. The average molecular weight is 211 g/mol. The fourth-order valence-corrected chi connectivity index (χ4v) is 1.67. The third kappa shape index (κ3) is 1.64. The van der Waals surface area contributed by atoms with E-state index in [4.69, 9.17) is 9.47 Å². The Morgan fingerprint density at radius 2 is 2.40 bits per heavy atom. The van der Waals surface area contributed by atoms with Crippen LogP contribution in [-0.2, 0) is 14.3 Å². The summed E-state index contributed by atoms with van der Waals surface area (Å²) in [6.07, 6.45) is 2.87. The van der Waals surface area contributed by atoms with Crippen LogP contribution < -0.4 is 0 Å². The Balaban J connectivity index is 2.27. The lowest BCUT2D eigenvalue weighted by atomic mass is 10.1. The summed E-state index contributed by atoms with van der Waals surface area (Å²) in [5.41, 5.74) is 0.693. The first kappa shape index (κ1) is 10.2. The molecule has 15 heavy (non-hydrogen) atoms. The van der Waals surface area contributed by atoms with Crippen molar-refractivity contribution in [1.29, 1.82) is 0 Å². The molecule has 82 valence electrons. The van der Waals surface area contributed by atoms with Crippen LogP contribution in [0.1, 0.15) is 6.42 Å². The zero-order valence-electron chi connectivity index (χ0n) is 8.64. The van der Waals surface area contributed by atoms with E-state index < -0.39 is 12.2 Å². The van der Waals surface area contributed by atoms with Crippen LogP contribution in [0.25, 0.3) is 0 Å². The number of nitrogens with zero attached hydrogens (tertiary/aromatic N) is 1. The first-order chi connectivity index (χ1) is 7.13. The van der Waals surface area contributed by atoms with E-state index in [1.807, 2.05) is 6.08 Å². The molecule has 5 nitrogen and oxygen atoms in total.